The Balaban J connectivity index is 1.74. The molecule has 28 heavy (non-hydrogen) atoms. The van der Waals surface area contributed by atoms with Crippen LogP contribution < -0.4 is 10.9 Å². The van der Waals surface area contributed by atoms with E-state index in [9.17, 15) is 9.90 Å². The number of carbonyl (C=O) groups excluding carboxylic acids is 1. The van der Waals surface area contributed by atoms with Crippen LogP contribution in [0.3, 0.4) is 0 Å². The number of hydrogen-bond acceptors (Lipinski definition) is 3. The number of carbonyl (C=O) groups is 1. The molecule has 4 nitrogen and oxygen atoms in total. The summed E-state index contributed by atoms with van der Waals surface area (Å²) in [6, 6.07) is 25.0. The highest BCUT2D eigenvalue weighted by Crippen LogP contribution is 2.34. The lowest BCUT2D eigenvalue weighted by Gasteiger charge is -2.29. The lowest BCUT2D eigenvalue weighted by atomic mass is 9.82. The Kier molecular flexibility index (Phi) is 6.12. The quantitative estimate of drug-likeness (QED) is 0.535. The zero-order valence-electron chi connectivity index (χ0n) is 16.3. The first-order chi connectivity index (χ1) is 13.5. The van der Waals surface area contributed by atoms with Gasteiger partial charge in [0, 0.05) is 6.42 Å². The van der Waals surface area contributed by atoms with Crippen LogP contribution in [-0.2, 0) is 10.4 Å². The van der Waals surface area contributed by atoms with E-state index in [4.69, 9.17) is 0 Å². The summed E-state index contributed by atoms with van der Waals surface area (Å²) in [7, 11) is 0. The first kappa shape index (κ1) is 19.6. The maximum Gasteiger partial charge on any atom is 0.238 e. The van der Waals surface area contributed by atoms with Crippen LogP contribution in [0, 0.1) is 13.8 Å². The summed E-state index contributed by atoms with van der Waals surface area (Å²) >= 11 is 0. The van der Waals surface area contributed by atoms with Gasteiger partial charge in [-0.3, -0.25) is 15.6 Å². The number of hydrogen-bond donors (Lipinski definition) is 3. The molecule has 3 N–H and O–H groups in total. The van der Waals surface area contributed by atoms with Crippen LogP contribution in [0.5, 0.6) is 0 Å². The van der Waals surface area contributed by atoms with Gasteiger partial charge >= 0.3 is 0 Å². The van der Waals surface area contributed by atoms with Gasteiger partial charge in [-0.25, -0.2) is 0 Å². The third kappa shape index (κ3) is 4.78. The first-order valence-electron chi connectivity index (χ1n) is 9.44. The van der Waals surface area contributed by atoms with Gasteiger partial charge in [-0.2, -0.15) is 0 Å². The molecule has 0 unspecified atom stereocenters. The van der Waals surface area contributed by atoms with Crippen molar-refractivity contribution in [3.05, 3.63) is 101 Å². The smallest absolute Gasteiger partial charge is 0.238 e. The Morgan fingerprint density at radius 1 is 0.821 bits per heavy atom. The summed E-state index contributed by atoms with van der Waals surface area (Å²) in [5.41, 5.74) is 8.98. The van der Waals surface area contributed by atoms with Gasteiger partial charge in [-0.1, -0.05) is 77.9 Å². The average Bonchev–Trinajstić information content (AvgIpc) is 2.72. The van der Waals surface area contributed by atoms with Crippen molar-refractivity contribution in [2.75, 3.05) is 5.43 Å². The van der Waals surface area contributed by atoms with Crippen molar-refractivity contribution < 1.29 is 9.90 Å². The van der Waals surface area contributed by atoms with Crippen LogP contribution in [0.1, 0.15) is 35.1 Å². The zero-order chi connectivity index (χ0) is 20.0. The molecule has 0 heterocycles. The predicted molar refractivity (Wildman–Crippen MR) is 113 cm³/mol. The molecule has 144 valence electrons. The van der Waals surface area contributed by atoms with Gasteiger partial charge in [0.15, 0.2) is 0 Å². The molecule has 0 bridgehead atoms. The van der Waals surface area contributed by atoms with Crippen molar-refractivity contribution in [1.29, 1.82) is 0 Å². The SMILES string of the molecule is Cc1ccc(C(O)(CCC(=O)NNc2ccccc2)c2ccc(C)cc2)cc1. The van der Waals surface area contributed by atoms with E-state index in [1.807, 2.05) is 92.7 Å². The molecule has 0 atom stereocenters. The van der Waals surface area contributed by atoms with Crippen LogP contribution >= 0.6 is 0 Å². The van der Waals surface area contributed by atoms with E-state index in [0.717, 1.165) is 27.9 Å². The molecule has 0 aliphatic rings. The molecule has 0 spiro atoms. The van der Waals surface area contributed by atoms with E-state index in [1.165, 1.54) is 0 Å². The molecule has 0 aliphatic heterocycles. The molecule has 0 fully saturated rings. The second kappa shape index (κ2) is 8.72. The van der Waals surface area contributed by atoms with Gasteiger partial charge < -0.3 is 5.11 Å². The molecule has 0 aliphatic carbocycles. The average molecular weight is 374 g/mol. The third-order valence-electron chi connectivity index (χ3n) is 4.89. The molecule has 3 rings (SSSR count). The molecule has 0 radical (unpaired) electrons. The number of benzene rings is 3. The summed E-state index contributed by atoms with van der Waals surface area (Å²) in [6.45, 7) is 4.02. The van der Waals surface area contributed by atoms with Crippen molar-refractivity contribution in [1.82, 2.24) is 5.43 Å². The third-order valence-corrected chi connectivity index (χ3v) is 4.89. The normalized spacial score (nSPS) is 11.1. The summed E-state index contributed by atoms with van der Waals surface area (Å²) in [4.78, 5) is 12.3. The van der Waals surface area contributed by atoms with Gasteiger partial charge in [-0.05, 0) is 43.5 Å². The van der Waals surface area contributed by atoms with Gasteiger partial charge in [0.1, 0.15) is 5.60 Å². The largest absolute Gasteiger partial charge is 0.380 e. The standard InChI is InChI=1S/C24H26N2O2/c1-18-8-12-20(13-9-18)24(28,21-14-10-19(2)11-15-21)17-16-23(27)26-25-22-6-4-3-5-7-22/h3-15,25,28H,16-17H2,1-2H3,(H,26,27). The molecule has 3 aromatic rings. The molecule has 3 aromatic carbocycles. The monoisotopic (exact) mass is 374 g/mol. The lowest BCUT2D eigenvalue weighted by molar-refractivity contribution is -0.121. The minimum absolute atomic E-state index is 0.179. The Hall–Kier alpha value is -3.11. The van der Waals surface area contributed by atoms with E-state index >= 15 is 0 Å². The highest BCUT2D eigenvalue weighted by Gasteiger charge is 2.32. The summed E-state index contributed by atoms with van der Waals surface area (Å²) < 4.78 is 0. The van der Waals surface area contributed by atoms with Crippen LogP contribution in [0.15, 0.2) is 78.9 Å². The molecular formula is C24H26N2O2. The number of aryl methyl sites for hydroxylation is 2. The summed E-state index contributed by atoms with van der Waals surface area (Å²) in [5, 5.41) is 11.6. The molecular weight excluding hydrogens is 348 g/mol. The Bertz CT molecular complexity index is 858. The van der Waals surface area contributed by atoms with Crippen LogP contribution in [0.2, 0.25) is 0 Å². The number of hydrazine groups is 1. The van der Waals surface area contributed by atoms with Crippen molar-refractivity contribution in [3.8, 4) is 0 Å². The van der Waals surface area contributed by atoms with Gasteiger partial charge in [0.05, 0.1) is 5.69 Å². The number of amides is 1. The van der Waals surface area contributed by atoms with E-state index in [2.05, 4.69) is 10.9 Å². The maximum absolute atomic E-state index is 12.3. The van der Waals surface area contributed by atoms with Crippen molar-refractivity contribution in [3.63, 3.8) is 0 Å². The second-order valence-electron chi connectivity index (χ2n) is 7.13. The van der Waals surface area contributed by atoms with Gasteiger partial charge in [0.25, 0.3) is 0 Å². The minimum atomic E-state index is -1.23. The number of nitrogens with one attached hydrogen (secondary N) is 2. The highest BCUT2D eigenvalue weighted by atomic mass is 16.3. The van der Waals surface area contributed by atoms with E-state index in [0.29, 0.717) is 0 Å². The van der Waals surface area contributed by atoms with Crippen molar-refractivity contribution >= 4 is 11.6 Å². The molecule has 0 aromatic heterocycles. The number of anilines is 1. The predicted octanol–water partition coefficient (Wildman–Crippen LogP) is 4.46. The van der Waals surface area contributed by atoms with E-state index in [1.54, 1.807) is 0 Å². The topological polar surface area (TPSA) is 61.4 Å². The fourth-order valence-electron chi connectivity index (χ4n) is 3.13. The minimum Gasteiger partial charge on any atom is -0.380 e. The summed E-state index contributed by atoms with van der Waals surface area (Å²) in [5.74, 6) is -0.179. The Labute approximate surface area is 166 Å². The number of aliphatic hydroxyl groups is 1. The van der Waals surface area contributed by atoms with Gasteiger partial charge in [-0.15, -0.1) is 0 Å². The molecule has 0 saturated carbocycles. The Morgan fingerprint density at radius 3 is 1.82 bits per heavy atom. The second-order valence-corrected chi connectivity index (χ2v) is 7.13. The fourth-order valence-corrected chi connectivity index (χ4v) is 3.13. The number of rotatable bonds is 7. The van der Waals surface area contributed by atoms with E-state index in [-0.39, 0.29) is 18.7 Å². The highest BCUT2D eigenvalue weighted by molar-refractivity contribution is 5.77. The fraction of sp³-hybridized carbons (Fsp3) is 0.208. The van der Waals surface area contributed by atoms with E-state index < -0.39 is 5.60 Å². The summed E-state index contributed by atoms with van der Waals surface area (Å²) in [6.07, 6.45) is 0.458. The molecule has 0 saturated heterocycles. The van der Waals surface area contributed by atoms with Crippen LogP contribution in [0.4, 0.5) is 5.69 Å². The van der Waals surface area contributed by atoms with Crippen LogP contribution in [-0.4, -0.2) is 11.0 Å². The zero-order valence-corrected chi connectivity index (χ0v) is 16.3. The lowest BCUT2D eigenvalue weighted by Crippen LogP contribution is -2.33. The first-order valence-corrected chi connectivity index (χ1v) is 9.44. The van der Waals surface area contributed by atoms with Crippen molar-refractivity contribution in [2.45, 2.75) is 32.3 Å². The number of para-hydroxylation sites is 1. The van der Waals surface area contributed by atoms with Crippen LogP contribution in [0.25, 0.3) is 0 Å². The molecule has 4 heteroatoms. The Morgan fingerprint density at radius 2 is 1.32 bits per heavy atom. The van der Waals surface area contributed by atoms with Crippen molar-refractivity contribution in [2.24, 2.45) is 0 Å². The molecule has 1 amide bonds. The van der Waals surface area contributed by atoms with Gasteiger partial charge in [0.2, 0.25) is 5.91 Å². The maximum atomic E-state index is 12.3.